The topological polar surface area (TPSA) is 32.3 Å². The summed E-state index contributed by atoms with van der Waals surface area (Å²) in [5.74, 6) is 1.64. The fourth-order valence-corrected chi connectivity index (χ4v) is 3.82. The second-order valence-corrected chi connectivity index (χ2v) is 8.38. The third-order valence-electron chi connectivity index (χ3n) is 5.01. The Kier molecular flexibility index (Phi) is 6.70. The number of hydrogen-bond donors (Lipinski definition) is 1. The average molecular weight is 351 g/mol. The molecule has 2 rings (SSSR count). The highest BCUT2D eigenvalue weighted by Crippen LogP contribution is 2.25. The molecule has 1 heterocycles. The van der Waals surface area contributed by atoms with E-state index in [0.29, 0.717) is 5.02 Å². The Hall–Kier alpha value is -1.06. The third-order valence-corrected chi connectivity index (χ3v) is 5.27. The molecule has 2 unspecified atom stereocenters. The van der Waals surface area contributed by atoms with Crippen molar-refractivity contribution in [1.29, 1.82) is 0 Å². The van der Waals surface area contributed by atoms with Gasteiger partial charge < -0.3 is 10.2 Å². The molecule has 0 bridgehead atoms. The maximum atomic E-state index is 12.5. The number of amides is 1. The molecule has 1 aliphatic heterocycles. The molecule has 2 atom stereocenters. The van der Waals surface area contributed by atoms with Gasteiger partial charge in [0.05, 0.1) is 5.41 Å². The standard InChI is InChI=1S/C20H31ClN2O/c1-15-12-16(2)14-23(13-15)11-5-10-22-19(24)20(3,4)17-6-8-18(21)9-7-17/h6-9,15-16H,5,10-14H2,1-4H3,(H,22,24). The molecule has 0 saturated carbocycles. The van der Waals surface area contributed by atoms with Gasteiger partial charge in [0.2, 0.25) is 5.91 Å². The van der Waals surface area contributed by atoms with Gasteiger partial charge in [0, 0.05) is 24.7 Å². The second kappa shape index (κ2) is 8.35. The molecular formula is C20H31ClN2O. The second-order valence-electron chi connectivity index (χ2n) is 7.95. The van der Waals surface area contributed by atoms with Crippen molar-refractivity contribution in [3.8, 4) is 0 Å². The van der Waals surface area contributed by atoms with Gasteiger partial charge in [-0.05, 0) is 62.8 Å². The van der Waals surface area contributed by atoms with Gasteiger partial charge in [0.25, 0.3) is 0 Å². The van der Waals surface area contributed by atoms with E-state index in [-0.39, 0.29) is 5.91 Å². The smallest absolute Gasteiger partial charge is 0.230 e. The Labute approximate surface area is 151 Å². The lowest BCUT2D eigenvalue weighted by Gasteiger charge is -2.35. The van der Waals surface area contributed by atoms with Crippen molar-refractivity contribution >= 4 is 17.5 Å². The fourth-order valence-electron chi connectivity index (χ4n) is 3.70. The van der Waals surface area contributed by atoms with Crippen molar-refractivity contribution in [2.75, 3.05) is 26.2 Å². The van der Waals surface area contributed by atoms with E-state index in [4.69, 9.17) is 11.6 Å². The molecule has 4 heteroatoms. The lowest BCUT2D eigenvalue weighted by atomic mass is 9.84. The van der Waals surface area contributed by atoms with Gasteiger partial charge in [-0.25, -0.2) is 0 Å². The Bertz CT molecular complexity index is 531. The molecule has 3 nitrogen and oxygen atoms in total. The van der Waals surface area contributed by atoms with E-state index < -0.39 is 5.41 Å². The molecule has 1 aliphatic rings. The summed E-state index contributed by atoms with van der Waals surface area (Å²) in [6, 6.07) is 7.53. The first kappa shape index (κ1) is 19.3. The maximum absolute atomic E-state index is 12.5. The molecule has 1 aromatic carbocycles. The first-order valence-corrected chi connectivity index (χ1v) is 9.43. The van der Waals surface area contributed by atoms with Crippen LogP contribution in [0.3, 0.4) is 0 Å². The Balaban J connectivity index is 1.77. The number of nitrogens with one attached hydrogen (secondary N) is 1. The summed E-state index contributed by atoms with van der Waals surface area (Å²) in [6.07, 6.45) is 2.34. The van der Waals surface area contributed by atoms with E-state index >= 15 is 0 Å². The Morgan fingerprint density at radius 1 is 1.21 bits per heavy atom. The van der Waals surface area contributed by atoms with Crippen LogP contribution in [0.5, 0.6) is 0 Å². The van der Waals surface area contributed by atoms with Gasteiger partial charge >= 0.3 is 0 Å². The highest BCUT2D eigenvalue weighted by Gasteiger charge is 2.29. The van der Waals surface area contributed by atoms with Gasteiger partial charge in [-0.3, -0.25) is 4.79 Å². The molecule has 1 amide bonds. The Morgan fingerprint density at radius 3 is 2.38 bits per heavy atom. The number of benzene rings is 1. The van der Waals surface area contributed by atoms with E-state index in [1.165, 1.54) is 19.5 Å². The van der Waals surface area contributed by atoms with Gasteiger partial charge in [-0.15, -0.1) is 0 Å². The van der Waals surface area contributed by atoms with Gasteiger partial charge in [-0.1, -0.05) is 37.6 Å². The average Bonchev–Trinajstić information content (AvgIpc) is 2.50. The first-order valence-electron chi connectivity index (χ1n) is 9.05. The van der Waals surface area contributed by atoms with Crippen LogP contribution in [-0.4, -0.2) is 37.0 Å². The maximum Gasteiger partial charge on any atom is 0.230 e. The highest BCUT2D eigenvalue weighted by atomic mass is 35.5. The molecule has 0 spiro atoms. The number of likely N-dealkylation sites (tertiary alicyclic amines) is 1. The summed E-state index contributed by atoms with van der Waals surface area (Å²) in [5.41, 5.74) is 0.446. The number of rotatable bonds is 6. The van der Waals surface area contributed by atoms with Crippen LogP contribution in [-0.2, 0) is 10.2 Å². The number of halogens is 1. The lowest BCUT2D eigenvalue weighted by Crippen LogP contribution is -2.42. The van der Waals surface area contributed by atoms with Crippen LogP contribution in [0.2, 0.25) is 5.02 Å². The molecule has 1 N–H and O–H groups in total. The number of carbonyl (C=O) groups excluding carboxylic acids is 1. The largest absolute Gasteiger partial charge is 0.355 e. The number of piperidine rings is 1. The number of nitrogens with zero attached hydrogens (tertiary/aromatic N) is 1. The normalized spacial score (nSPS) is 22.4. The molecule has 0 aromatic heterocycles. The minimum Gasteiger partial charge on any atom is -0.355 e. The van der Waals surface area contributed by atoms with Crippen LogP contribution in [0.25, 0.3) is 0 Å². The highest BCUT2D eigenvalue weighted by molar-refractivity contribution is 6.30. The SMILES string of the molecule is CC1CC(C)CN(CCCNC(=O)C(C)(C)c2ccc(Cl)cc2)C1. The number of carbonyl (C=O) groups is 1. The molecular weight excluding hydrogens is 320 g/mol. The van der Waals surface area contributed by atoms with Gasteiger partial charge in [0.15, 0.2) is 0 Å². The quantitative estimate of drug-likeness (QED) is 0.783. The summed E-state index contributed by atoms with van der Waals surface area (Å²) in [7, 11) is 0. The third kappa shape index (κ3) is 5.22. The molecule has 134 valence electrons. The molecule has 24 heavy (non-hydrogen) atoms. The predicted molar refractivity (Wildman–Crippen MR) is 101 cm³/mol. The van der Waals surface area contributed by atoms with Crippen LogP contribution in [0, 0.1) is 11.8 Å². The van der Waals surface area contributed by atoms with Crippen LogP contribution in [0.15, 0.2) is 24.3 Å². The summed E-state index contributed by atoms with van der Waals surface area (Å²) in [6.45, 7) is 12.8. The van der Waals surface area contributed by atoms with Crippen LogP contribution >= 0.6 is 11.6 Å². The van der Waals surface area contributed by atoms with Crippen molar-refractivity contribution in [1.82, 2.24) is 10.2 Å². The van der Waals surface area contributed by atoms with Crippen LogP contribution in [0.1, 0.15) is 46.1 Å². The van der Waals surface area contributed by atoms with Crippen molar-refractivity contribution in [3.05, 3.63) is 34.9 Å². The molecule has 0 radical (unpaired) electrons. The predicted octanol–water partition coefficient (Wildman–Crippen LogP) is 4.10. The monoisotopic (exact) mass is 350 g/mol. The summed E-state index contributed by atoms with van der Waals surface area (Å²) < 4.78 is 0. The van der Waals surface area contributed by atoms with Crippen LogP contribution in [0.4, 0.5) is 0 Å². The summed E-state index contributed by atoms with van der Waals surface area (Å²) in [4.78, 5) is 15.1. The van der Waals surface area contributed by atoms with Crippen molar-refractivity contribution < 1.29 is 4.79 Å². The van der Waals surface area contributed by atoms with Gasteiger partial charge in [-0.2, -0.15) is 0 Å². The van der Waals surface area contributed by atoms with Crippen molar-refractivity contribution in [2.24, 2.45) is 11.8 Å². The van der Waals surface area contributed by atoms with Crippen molar-refractivity contribution in [2.45, 2.75) is 46.0 Å². The summed E-state index contributed by atoms with van der Waals surface area (Å²) in [5, 5.41) is 3.79. The molecule has 1 saturated heterocycles. The van der Waals surface area contributed by atoms with E-state index in [1.54, 1.807) is 0 Å². The Morgan fingerprint density at radius 2 is 1.79 bits per heavy atom. The number of hydrogen-bond acceptors (Lipinski definition) is 2. The minimum atomic E-state index is -0.543. The van der Waals surface area contributed by atoms with E-state index in [9.17, 15) is 4.79 Å². The van der Waals surface area contributed by atoms with E-state index in [1.807, 2.05) is 38.1 Å². The van der Waals surface area contributed by atoms with Crippen LogP contribution < -0.4 is 5.32 Å². The molecule has 1 fully saturated rings. The molecule has 0 aliphatic carbocycles. The zero-order valence-corrected chi connectivity index (χ0v) is 16.2. The van der Waals surface area contributed by atoms with E-state index in [0.717, 1.165) is 36.9 Å². The minimum absolute atomic E-state index is 0.0743. The van der Waals surface area contributed by atoms with Crippen molar-refractivity contribution in [3.63, 3.8) is 0 Å². The lowest BCUT2D eigenvalue weighted by molar-refractivity contribution is -0.125. The zero-order valence-electron chi connectivity index (χ0n) is 15.4. The van der Waals surface area contributed by atoms with Gasteiger partial charge in [0.1, 0.15) is 0 Å². The fraction of sp³-hybridized carbons (Fsp3) is 0.650. The van der Waals surface area contributed by atoms with E-state index in [2.05, 4.69) is 24.1 Å². The first-order chi connectivity index (χ1) is 11.3. The summed E-state index contributed by atoms with van der Waals surface area (Å²) >= 11 is 5.93. The zero-order chi connectivity index (χ0) is 17.7. The molecule has 1 aromatic rings.